The quantitative estimate of drug-likeness (QED) is 0.135. The van der Waals surface area contributed by atoms with Crippen LogP contribution in [-0.4, -0.2) is 150 Å². The number of hydrogen-bond donors (Lipinski definition) is 2. The third-order valence-corrected chi connectivity index (χ3v) is 15.5. The van der Waals surface area contributed by atoms with E-state index in [2.05, 4.69) is 72.0 Å². The summed E-state index contributed by atoms with van der Waals surface area (Å²) >= 11 is 0. The number of rotatable bonds is 8. The third kappa shape index (κ3) is 14.4. The van der Waals surface area contributed by atoms with E-state index in [0.717, 1.165) is 54.9 Å². The normalized spacial score (nSPS) is 22.8. The van der Waals surface area contributed by atoms with Gasteiger partial charge < -0.3 is 48.4 Å². The molecule has 12 rings (SSSR count). The second-order valence-electron chi connectivity index (χ2n) is 25.7. The van der Waals surface area contributed by atoms with Gasteiger partial charge in [-0.3, -0.25) is 0 Å². The monoisotopic (exact) mass is 1160 g/mol. The van der Waals surface area contributed by atoms with E-state index in [1.807, 2.05) is 98.1 Å². The number of aromatic nitrogens is 12. The van der Waals surface area contributed by atoms with E-state index in [1.54, 1.807) is 24.7 Å². The Morgan fingerprint density at radius 1 is 0.643 bits per heavy atom. The molecule has 6 aliphatic heterocycles. The molecule has 84 heavy (non-hydrogen) atoms. The lowest BCUT2D eigenvalue weighted by molar-refractivity contribution is -0.161. The molecule has 6 aromatic rings. The zero-order valence-corrected chi connectivity index (χ0v) is 51.4. The van der Waals surface area contributed by atoms with Crippen LogP contribution in [-0.2, 0) is 51.1 Å². The van der Waals surface area contributed by atoms with Gasteiger partial charge in [-0.1, -0.05) is 50.3 Å². The summed E-state index contributed by atoms with van der Waals surface area (Å²) in [6.07, 6.45) is 12.5. The summed E-state index contributed by atoms with van der Waals surface area (Å²) < 4.78 is 44.2. The lowest BCUT2D eigenvalue weighted by Crippen LogP contribution is -2.45. The topological polar surface area (TPSA) is 258 Å². The fourth-order valence-corrected chi connectivity index (χ4v) is 11.2. The summed E-state index contributed by atoms with van der Waals surface area (Å²) in [5, 5.41) is 48.1. The van der Waals surface area contributed by atoms with Gasteiger partial charge >= 0.3 is 11.9 Å². The summed E-state index contributed by atoms with van der Waals surface area (Å²) in [5.41, 5.74) is 4.42. The number of anilines is 2. The standard InChI is InChI=1S/2C30H43N7O5/c2*1-19(2)25-22-18-36(34-32-22)17-21-16-23-31-20(3)24(26(28(38)39)42-29(4,5)6)27(37(23)33-21)35-12-10-30(7,11-13-35)41-15-9-8-14-40-25/h9,15-16,18-19,25-26H,8,10-14,17H2,1-7H3,(H,38,39);8-9,16,18-19,25-26H,10-15,17H2,1-7H3,(H,38,39)/t2*25?,26-/m00/s1. The van der Waals surface area contributed by atoms with Crippen LogP contribution in [0.1, 0.15) is 185 Å². The first-order valence-corrected chi connectivity index (χ1v) is 29.4. The van der Waals surface area contributed by atoms with Crippen LogP contribution in [0.5, 0.6) is 0 Å². The third-order valence-electron chi connectivity index (χ3n) is 15.5. The van der Waals surface area contributed by atoms with E-state index in [0.29, 0.717) is 105 Å². The van der Waals surface area contributed by atoms with Crippen LogP contribution >= 0.6 is 0 Å². The highest BCUT2D eigenvalue weighted by Crippen LogP contribution is 2.40. The molecule has 6 aliphatic rings. The molecule has 24 nitrogen and oxygen atoms in total. The van der Waals surface area contributed by atoms with Gasteiger partial charge in [0.25, 0.3) is 0 Å². The highest BCUT2D eigenvalue weighted by Gasteiger charge is 2.40. The molecule has 12 bridgehead atoms. The van der Waals surface area contributed by atoms with Gasteiger partial charge in [-0.25, -0.2) is 28.9 Å². The van der Waals surface area contributed by atoms with Gasteiger partial charge in [-0.2, -0.15) is 19.2 Å². The molecule has 2 saturated heterocycles. The Morgan fingerprint density at radius 2 is 1.08 bits per heavy atom. The van der Waals surface area contributed by atoms with E-state index in [9.17, 15) is 19.8 Å². The second kappa shape index (κ2) is 25.0. The van der Waals surface area contributed by atoms with E-state index in [-0.39, 0.29) is 35.2 Å². The number of nitrogens with zero attached hydrogens (tertiary/aromatic N) is 14. The number of piperidine rings is 2. The molecule has 0 saturated carbocycles. The van der Waals surface area contributed by atoms with Gasteiger partial charge in [0.15, 0.2) is 23.5 Å². The Labute approximate surface area is 491 Å². The zero-order valence-electron chi connectivity index (χ0n) is 51.4. The SMILES string of the molecule is Cc1nc2cc3nn2c(c1[C@H](OC(C)(C)C)C(=O)O)N1CCC(C)(CC1)OC=CCCOC(C(C)C)c1cn(nn1)C3.Cc1nc2cc3nn2c(c1[C@H](OC(C)(C)C)C(=O)O)N1CCC(C)(CC1)OCC=CCOC(C(C)C)c1cn(nn1)C3. The maximum absolute atomic E-state index is 12.7. The number of aliphatic carboxylic acids is 2. The molecule has 0 aliphatic carbocycles. The molecule has 4 atom stereocenters. The minimum atomic E-state index is -1.22. The summed E-state index contributed by atoms with van der Waals surface area (Å²) in [6, 6.07) is 3.83. The first-order valence-electron chi connectivity index (χ1n) is 29.4. The van der Waals surface area contributed by atoms with Crippen LogP contribution in [0.2, 0.25) is 0 Å². The highest BCUT2D eigenvalue weighted by atomic mass is 16.5. The van der Waals surface area contributed by atoms with Crippen molar-refractivity contribution in [2.45, 2.75) is 189 Å². The van der Waals surface area contributed by atoms with Crippen molar-refractivity contribution in [3.63, 3.8) is 0 Å². The Morgan fingerprint density at radius 3 is 1.52 bits per heavy atom. The maximum Gasteiger partial charge on any atom is 0.337 e. The van der Waals surface area contributed by atoms with Crippen molar-refractivity contribution in [1.29, 1.82) is 0 Å². The number of aryl methyl sites for hydroxylation is 2. The molecule has 24 heteroatoms. The first-order chi connectivity index (χ1) is 39.7. The lowest BCUT2D eigenvalue weighted by atomic mass is 9.92. The van der Waals surface area contributed by atoms with Gasteiger partial charge in [-0.15, -0.1) is 10.2 Å². The highest BCUT2D eigenvalue weighted by molar-refractivity contribution is 5.79. The van der Waals surface area contributed by atoms with Gasteiger partial charge in [-0.05, 0) is 106 Å². The van der Waals surface area contributed by atoms with Gasteiger partial charge in [0.1, 0.15) is 40.8 Å². The van der Waals surface area contributed by atoms with E-state index >= 15 is 0 Å². The number of fused-ring (bicyclic) bond motifs is 14. The van der Waals surface area contributed by atoms with Gasteiger partial charge in [0.05, 0.1) is 90.9 Å². The van der Waals surface area contributed by atoms with Crippen molar-refractivity contribution in [2.75, 3.05) is 55.8 Å². The fourth-order valence-electron chi connectivity index (χ4n) is 11.2. The molecule has 2 N–H and O–H groups in total. The predicted molar refractivity (Wildman–Crippen MR) is 313 cm³/mol. The Balaban J connectivity index is 0.000000202. The van der Waals surface area contributed by atoms with Crippen molar-refractivity contribution < 1.29 is 48.2 Å². The fraction of sp³-hybridized carbons (Fsp3) is 0.633. The van der Waals surface area contributed by atoms with Crippen LogP contribution in [0.15, 0.2) is 49.0 Å². The Bertz CT molecular complexity index is 3330. The largest absolute Gasteiger partial charge is 0.495 e. The lowest BCUT2D eigenvalue weighted by Gasteiger charge is -2.41. The molecule has 12 heterocycles. The molecule has 0 aromatic carbocycles. The van der Waals surface area contributed by atoms with Crippen LogP contribution < -0.4 is 9.80 Å². The maximum atomic E-state index is 12.7. The minimum Gasteiger partial charge on any atom is -0.495 e. The van der Waals surface area contributed by atoms with E-state index < -0.39 is 35.3 Å². The molecule has 2 unspecified atom stereocenters. The number of carboxylic acids is 2. The molecule has 2 fully saturated rings. The van der Waals surface area contributed by atoms with E-state index in [4.69, 9.17) is 48.6 Å². The number of ether oxygens (including phenoxy) is 6. The van der Waals surface area contributed by atoms with Crippen molar-refractivity contribution >= 4 is 34.9 Å². The van der Waals surface area contributed by atoms with Crippen LogP contribution in [0, 0.1) is 25.7 Å². The van der Waals surface area contributed by atoms with Crippen molar-refractivity contribution in [3.05, 3.63) is 94.3 Å². The van der Waals surface area contributed by atoms with Gasteiger partial charge in [0.2, 0.25) is 0 Å². The first kappa shape index (κ1) is 61.7. The number of carbonyl (C=O) groups is 2. The molecular weight excluding hydrogens is 1080 g/mol. The average Bonchev–Trinajstić information content (AvgIpc) is 1.88. The molecule has 0 spiro atoms. The van der Waals surface area contributed by atoms with Gasteiger partial charge in [0, 0.05) is 62.5 Å². The summed E-state index contributed by atoms with van der Waals surface area (Å²) in [7, 11) is 0. The summed E-state index contributed by atoms with van der Waals surface area (Å²) in [4.78, 5) is 39.3. The second-order valence-corrected chi connectivity index (χ2v) is 25.7. The van der Waals surface area contributed by atoms with Crippen molar-refractivity contribution in [3.8, 4) is 0 Å². The Kier molecular flexibility index (Phi) is 18.4. The average molecular weight is 1160 g/mol. The zero-order chi connectivity index (χ0) is 60.5. The molecule has 0 amide bonds. The van der Waals surface area contributed by atoms with Crippen LogP contribution in [0.4, 0.5) is 11.6 Å². The van der Waals surface area contributed by atoms with E-state index in [1.165, 1.54) is 0 Å². The predicted octanol–water partition coefficient (Wildman–Crippen LogP) is 8.90. The number of carboxylic acid groups (broad SMARTS) is 2. The smallest absolute Gasteiger partial charge is 0.337 e. The number of hydrogen-bond acceptors (Lipinski definition) is 18. The van der Waals surface area contributed by atoms with Crippen LogP contribution in [0.3, 0.4) is 0 Å². The van der Waals surface area contributed by atoms with Crippen molar-refractivity contribution in [1.82, 2.24) is 59.2 Å². The summed E-state index contributed by atoms with van der Waals surface area (Å²) in [5.74, 6) is -0.341. The van der Waals surface area contributed by atoms with Crippen LogP contribution in [0.25, 0.3) is 11.3 Å². The molecule has 456 valence electrons. The summed E-state index contributed by atoms with van der Waals surface area (Å²) in [6.45, 7) is 32.3. The molecule has 0 radical (unpaired) electrons. The molecule has 6 aromatic heterocycles. The molecular formula is C60H86N14O10. The van der Waals surface area contributed by atoms with Crippen molar-refractivity contribution in [2.24, 2.45) is 11.8 Å². The Hall–Kier alpha value is -6.86. The minimum absolute atomic E-state index is 0.189.